The van der Waals surface area contributed by atoms with Crippen LogP contribution in [-0.4, -0.2) is 39.4 Å². The minimum absolute atomic E-state index is 0.0229. The molecule has 0 aliphatic carbocycles. The first-order chi connectivity index (χ1) is 16.6. The van der Waals surface area contributed by atoms with Crippen molar-refractivity contribution in [3.63, 3.8) is 0 Å². The van der Waals surface area contributed by atoms with Gasteiger partial charge >= 0.3 is 0 Å². The van der Waals surface area contributed by atoms with Crippen LogP contribution in [0.1, 0.15) is 24.1 Å². The number of rotatable bonds is 10. The molecule has 0 fully saturated rings. The number of nitrogens with one attached hydrogen (secondary N) is 1. The molecule has 0 aliphatic rings. The fraction of sp³-hybridized carbons (Fsp3) is 0.240. The van der Waals surface area contributed by atoms with Crippen LogP contribution >= 0.6 is 23.2 Å². The topological polar surface area (TPSA) is 84.9 Å². The monoisotopic (exact) mass is 536 g/mol. The average Bonchev–Trinajstić information content (AvgIpc) is 2.84. The lowest BCUT2D eigenvalue weighted by Crippen LogP contribution is -2.41. The Kier molecular flexibility index (Phi) is 9.02. The van der Waals surface area contributed by atoms with E-state index in [2.05, 4.69) is 5.32 Å². The fourth-order valence-electron chi connectivity index (χ4n) is 3.45. The van der Waals surface area contributed by atoms with E-state index in [0.29, 0.717) is 27.1 Å². The molecule has 0 radical (unpaired) electrons. The molecular formula is C25H26Cl2N2O5S. The van der Waals surface area contributed by atoms with Gasteiger partial charge in [-0.15, -0.1) is 0 Å². The number of nitrogens with zero attached hydrogens (tertiary/aromatic N) is 1. The van der Waals surface area contributed by atoms with Crippen LogP contribution in [0.3, 0.4) is 0 Å². The molecule has 0 spiro atoms. The molecule has 0 unspecified atom stereocenters. The molecule has 10 heteroatoms. The zero-order valence-electron chi connectivity index (χ0n) is 19.5. The number of sulfonamides is 1. The van der Waals surface area contributed by atoms with Crippen LogP contribution in [0.2, 0.25) is 10.0 Å². The van der Waals surface area contributed by atoms with Crippen molar-refractivity contribution < 1.29 is 22.7 Å². The number of carbonyl (C=O) groups excluding carboxylic acids is 1. The van der Waals surface area contributed by atoms with Gasteiger partial charge in [0.15, 0.2) is 11.5 Å². The van der Waals surface area contributed by atoms with Gasteiger partial charge in [0.25, 0.3) is 0 Å². The van der Waals surface area contributed by atoms with E-state index in [1.807, 2.05) is 0 Å². The van der Waals surface area contributed by atoms with Crippen LogP contribution in [0.15, 0.2) is 71.6 Å². The van der Waals surface area contributed by atoms with Crippen molar-refractivity contribution in [2.24, 2.45) is 0 Å². The summed E-state index contributed by atoms with van der Waals surface area (Å²) in [6.07, 6.45) is 0. The highest BCUT2D eigenvalue weighted by Crippen LogP contribution is 2.30. The summed E-state index contributed by atoms with van der Waals surface area (Å²) in [5.41, 5.74) is 1.35. The molecular weight excluding hydrogens is 511 g/mol. The highest BCUT2D eigenvalue weighted by atomic mass is 35.5. The normalized spacial score (nSPS) is 12.3. The molecule has 0 saturated carbocycles. The van der Waals surface area contributed by atoms with Crippen LogP contribution < -0.4 is 14.8 Å². The predicted octanol–water partition coefficient (Wildman–Crippen LogP) is 5.08. The van der Waals surface area contributed by atoms with Crippen LogP contribution in [0, 0.1) is 0 Å². The number of carbonyl (C=O) groups is 1. The Morgan fingerprint density at radius 1 is 0.971 bits per heavy atom. The Hall–Kier alpha value is -2.78. The number of benzene rings is 3. The summed E-state index contributed by atoms with van der Waals surface area (Å²) < 4.78 is 38.5. The molecule has 3 aromatic rings. The van der Waals surface area contributed by atoms with Crippen molar-refractivity contribution in [3.8, 4) is 11.5 Å². The number of hydrogen-bond acceptors (Lipinski definition) is 5. The molecule has 3 aromatic carbocycles. The largest absolute Gasteiger partial charge is 0.493 e. The zero-order valence-corrected chi connectivity index (χ0v) is 21.8. The molecule has 35 heavy (non-hydrogen) atoms. The van der Waals surface area contributed by atoms with Gasteiger partial charge in [0, 0.05) is 16.6 Å². The van der Waals surface area contributed by atoms with Gasteiger partial charge in [-0.3, -0.25) is 4.79 Å². The van der Waals surface area contributed by atoms with Gasteiger partial charge in [-0.2, -0.15) is 4.31 Å². The summed E-state index contributed by atoms with van der Waals surface area (Å²) in [6.45, 7) is 1.31. The zero-order chi connectivity index (χ0) is 25.6. The Bertz CT molecular complexity index is 1280. The smallest absolute Gasteiger partial charge is 0.243 e. The van der Waals surface area contributed by atoms with E-state index in [1.165, 1.54) is 38.5 Å². The Balaban J connectivity index is 1.84. The molecule has 1 atom stereocenters. The second kappa shape index (κ2) is 11.8. The van der Waals surface area contributed by atoms with E-state index in [0.717, 1.165) is 9.87 Å². The first kappa shape index (κ1) is 26.8. The first-order valence-corrected chi connectivity index (χ1v) is 12.9. The van der Waals surface area contributed by atoms with E-state index in [4.69, 9.17) is 32.7 Å². The lowest BCUT2D eigenvalue weighted by atomic mass is 10.1. The number of ether oxygens (including phenoxy) is 2. The van der Waals surface area contributed by atoms with Gasteiger partial charge in [-0.25, -0.2) is 8.42 Å². The van der Waals surface area contributed by atoms with Gasteiger partial charge in [0.1, 0.15) is 0 Å². The molecule has 1 amide bonds. The van der Waals surface area contributed by atoms with Crippen LogP contribution in [-0.2, 0) is 21.4 Å². The van der Waals surface area contributed by atoms with Gasteiger partial charge in [-0.1, -0.05) is 47.5 Å². The molecule has 7 nitrogen and oxygen atoms in total. The third-order valence-electron chi connectivity index (χ3n) is 5.36. The minimum Gasteiger partial charge on any atom is -0.493 e. The van der Waals surface area contributed by atoms with Gasteiger partial charge in [0.2, 0.25) is 15.9 Å². The number of amides is 1. The summed E-state index contributed by atoms with van der Waals surface area (Å²) in [5.74, 6) is 0.614. The second-order valence-electron chi connectivity index (χ2n) is 7.72. The second-order valence-corrected chi connectivity index (χ2v) is 10.5. The van der Waals surface area contributed by atoms with Crippen molar-refractivity contribution in [2.75, 3.05) is 20.8 Å². The van der Waals surface area contributed by atoms with E-state index >= 15 is 0 Å². The van der Waals surface area contributed by atoms with Crippen LogP contribution in [0.4, 0.5) is 0 Å². The van der Waals surface area contributed by atoms with Crippen molar-refractivity contribution in [1.82, 2.24) is 9.62 Å². The van der Waals surface area contributed by atoms with E-state index in [-0.39, 0.29) is 11.4 Å². The summed E-state index contributed by atoms with van der Waals surface area (Å²) >= 11 is 12.2. The predicted molar refractivity (Wildman–Crippen MR) is 137 cm³/mol. The minimum atomic E-state index is -4.03. The Morgan fingerprint density at radius 2 is 1.63 bits per heavy atom. The van der Waals surface area contributed by atoms with E-state index in [1.54, 1.807) is 49.4 Å². The third kappa shape index (κ3) is 6.67. The van der Waals surface area contributed by atoms with E-state index < -0.39 is 28.5 Å². The molecule has 3 rings (SSSR count). The van der Waals surface area contributed by atoms with Crippen molar-refractivity contribution in [1.29, 1.82) is 0 Å². The van der Waals surface area contributed by atoms with Gasteiger partial charge in [-0.05, 0) is 60.5 Å². The van der Waals surface area contributed by atoms with Crippen LogP contribution in [0.5, 0.6) is 11.5 Å². The van der Waals surface area contributed by atoms with Crippen molar-refractivity contribution >= 4 is 39.1 Å². The van der Waals surface area contributed by atoms with Crippen molar-refractivity contribution in [2.45, 2.75) is 24.4 Å². The summed E-state index contributed by atoms with van der Waals surface area (Å²) in [6, 6.07) is 17.6. The molecule has 0 heterocycles. The quantitative estimate of drug-likeness (QED) is 0.390. The third-order valence-corrected chi connectivity index (χ3v) is 7.79. The molecule has 0 saturated heterocycles. The summed E-state index contributed by atoms with van der Waals surface area (Å²) in [4.78, 5) is 13.0. The maximum absolute atomic E-state index is 13.4. The fourth-order valence-corrected chi connectivity index (χ4v) is 5.15. The van der Waals surface area contributed by atoms with Gasteiger partial charge < -0.3 is 14.8 Å². The van der Waals surface area contributed by atoms with E-state index in [9.17, 15) is 13.2 Å². The molecule has 186 valence electrons. The molecule has 0 aliphatic heterocycles. The van der Waals surface area contributed by atoms with Crippen molar-refractivity contribution in [3.05, 3.63) is 87.9 Å². The number of hydrogen-bond donors (Lipinski definition) is 1. The summed E-state index contributed by atoms with van der Waals surface area (Å²) in [7, 11) is -0.963. The highest BCUT2D eigenvalue weighted by molar-refractivity contribution is 7.89. The van der Waals surface area contributed by atoms with Gasteiger partial charge in [0.05, 0.1) is 31.7 Å². The standard InChI is InChI=1S/C25H26Cl2N2O5S/c1-17(18-8-13-23(33-2)24(14-18)34-3)28-25(30)16-29(15-19-6-4-5-7-22(19)27)35(31,32)21-11-9-20(26)10-12-21/h4-14,17H,15-16H2,1-3H3,(H,28,30)/t17-/m0/s1. The molecule has 0 aromatic heterocycles. The molecule has 0 bridgehead atoms. The lowest BCUT2D eigenvalue weighted by Gasteiger charge is -2.24. The Morgan fingerprint density at radius 3 is 2.26 bits per heavy atom. The average molecular weight is 537 g/mol. The maximum atomic E-state index is 13.4. The summed E-state index contributed by atoms with van der Waals surface area (Å²) in [5, 5.41) is 3.66. The number of halogens is 2. The SMILES string of the molecule is COc1ccc([C@H](C)NC(=O)CN(Cc2ccccc2Cl)S(=O)(=O)c2ccc(Cl)cc2)cc1OC. The van der Waals surface area contributed by atoms with Crippen LogP contribution in [0.25, 0.3) is 0 Å². The number of methoxy groups -OCH3 is 2. The maximum Gasteiger partial charge on any atom is 0.243 e. The first-order valence-electron chi connectivity index (χ1n) is 10.7. The Labute approximate surface area is 215 Å². The highest BCUT2D eigenvalue weighted by Gasteiger charge is 2.28. The molecule has 1 N–H and O–H groups in total. The lowest BCUT2D eigenvalue weighted by molar-refractivity contribution is -0.122.